The average Bonchev–Trinajstić information content (AvgIpc) is 2.07. The van der Waals surface area contributed by atoms with Crippen LogP contribution in [0.25, 0.3) is 0 Å². The Morgan fingerprint density at radius 2 is 2.23 bits per heavy atom. The summed E-state index contributed by atoms with van der Waals surface area (Å²) < 4.78 is 24.2. The summed E-state index contributed by atoms with van der Waals surface area (Å²) in [6.07, 6.45) is -2.85. The Bertz CT molecular complexity index is 421. The molecule has 0 saturated heterocycles. The Labute approximate surface area is 76.6 Å². The average molecular weight is 205 g/mol. The van der Waals surface area contributed by atoms with Crippen molar-refractivity contribution in [2.24, 2.45) is 0 Å². The molecule has 1 rings (SSSR count). The van der Waals surface area contributed by atoms with E-state index in [0.29, 0.717) is 0 Å². The molecule has 0 aromatic carbocycles. The van der Waals surface area contributed by atoms with Crippen LogP contribution in [0, 0.1) is 11.3 Å². The molecule has 1 aromatic heterocycles. The number of hydrogen-bond donors (Lipinski definition) is 1. The van der Waals surface area contributed by atoms with Crippen LogP contribution in [0.3, 0.4) is 0 Å². The standard InChI is InChI=1S/C7H3ClF2N2O/c8-4-1-3(2-11)7(13)12-5(4)6(9)10/h1,6H,(H,12,13). The molecule has 13 heavy (non-hydrogen) atoms. The highest BCUT2D eigenvalue weighted by atomic mass is 35.5. The van der Waals surface area contributed by atoms with Gasteiger partial charge in [-0.3, -0.25) is 4.79 Å². The van der Waals surface area contributed by atoms with Crippen LogP contribution in [0.2, 0.25) is 5.02 Å². The van der Waals surface area contributed by atoms with Crippen molar-refractivity contribution >= 4 is 11.6 Å². The first-order valence-corrected chi connectivity index (χ1v) is 3.55. The minimum Gasteiger partial charge on any atom is -0.319 e. The van der Waals surface area contributed by atoms with Crippen LogP contribution in [0.15, 0.2) is 10.9 Å². The molecule has 68 valence electrons. The zero-order chi connectivity index (χ0) is 10.0. The van der Waals surface area contributed by atoms with Crippen molar-refractivity contribution in [3.63, 3.8) is 0 Å². The van der Waals surface area contributed by atoms with E-state index in [0.717, 1.165) is 6.07 Å². The van der Waals surface area contributed by atoms with Gasteiger partial charge in [-0.25, -0.2) is 8.78 Å². The molecule has 0 unspecified atom stereocenters. The normalized spacial score (nSPS) is 10.1. The number of halogens is 3. The molecule has 1 aromatic rings. The lowest BCUT2D eigenvalue weighted by Gasteiger charge is -2.01. The molecule has 0 bridgehead atoms. The van der Waals surface area contributed by atoms with Gasteiger partial charge < -0.3 is 4.98 Å². The number of rotatable bonds is 1. The molecule has 1 N–H and O–H groups in total. The van der Waals surface area contributed by atoms with Crippen LogP contribution >= 0.6 is 11.6 Å². The van der Waals surface area contributed by atoms with Crippen LogP contribution in [0.1, 0.15) is 17.7 Å². The van der Waals surface area contributed by atoms with Crippen LogP contribution in [-0.2, 0) is 0 Å². The molecule has 0 aliphatic rings. The van der Waals surface area contributed by atoms with E-state index in [1.165, 1.54) is 6.07 Å². The van der Waals surface area contributed by atoms with Crippen molar-refractivity contribution in [3.8, 4) is 6.07 Å². The molecule has 0 saturated carbocycles. The smallest absolute Gasteiger partial charge is 0.279 e. The van der Waals surface area contributed by atoms with Gasteiger partial charge in [-0.1, -0.05) is 11.6 Å². The third-order valence-electron chi connectivity index (χ3n) is 1.36. The lowest BCUT2D eigenvalue weighted by atomic mass is 10.2. The molecule has 0 aliphatic heterocycles. The van der Waals surface area contributed by atoms with Gasteiger partial charge in [0, 0.05) is 0 Å². The van der Waals surface area contributed by atoms with Crippen molar-refractivity contribution in [2.45, 2.75) is 6.43 Å². The van der Waals surface area contributed by atoms with Crippen LogP contribution in [-0.4, -0.2) is 4.98 Å². The molecule has 1 heterocycles. The highest BCUT2D eigenvalue weighted by molar-refractivity contribution is 6.31. The monoisotopic (exact) mass is 204 g/mol. The summed E-state index contributed by atoms with van der Waals surface area (Å²) in [6, 6.07) is 2.45. The van der Waals surface area contributed by atoms with Gasteiger partial charge in [-0.05, 0) is 6.07 Å². The van der Waals surface area contributed by atoms with Crippen molar-refractivity contribution in [2.75, 3.05) is 0 Å². The predicted octanol–water partition coefficient (Wildman–Crippen LogP) is 1.84. The number of alkyl halides is 2. The minimum atomic E-state index is -2.85. The quantitative estimate of drug-likeness (QED) is 0.759. The first-order chi connectivity index (χ1) is 6.06. The SMILES string of the molecule is N#Cc1cc(Cl)c(C(F)F)[nH]c1=O. The van der Waals surface area contributed by atoms with Crippen molar-refractivity contribution in [1.29, 1.82) is 5.26 Å². The van der Waals surface area contributed by atoms with Gasteiger partial charge in [0.15, 0.2) is 0 Å². The largest absolute Gasteiger partial charge is 0.319 e. The summed E-state index contributed by atoms with van der Waals surface area (Å²) in [5.41, 5.74) is -1.80. The van der Waals surface area contributed by atoms with Crippen LogP contribution in [0.4, 0.5) is 8.78 Å². The van der Waals surface area contributed by atoms with E-state index >= 15 is 0 Å². The fourth-order valence-corrected chi connectivity index (χ4v) is 1.00. The fraction of sp³-hybridized carbons (Fsp3) is 0.143. The molecule has 0 radical (unpaired) electrons. The van der Waals surface area contributed by atoms with E-state index in [4.69, 9.17) is 16.9 Å². The summed E-state index contributed by atoms with van der Waals surface area (Å²) in [5, 5.41) is 8.04. The Balaban J connectivity index is 3.40. The Morgan fingerprint density at radius 1 is 1.62 bits per heavy atom. The molecule has 6 heteroatoms. The van der Waals surface area contributed by atoms with E-state index in [-0.39, 0.29) is 10.6 Å². The van der Waals surface area contributed by atoms with E-state index in [1.54, 1.807) is 0 Å². The zero-order valence-electron chi connectivity index (χ0n) is 6.14. The van der Waals surface area contributed by atoms with Gasteiger partial charge in [0.05, 0.1) is 5.02 Å². The Hall–Kier alpha value is -1.41. The second-order valence-electron chi connectivity index (χ2n) is 2.19. The maximum absolute atomic E-state index is 12.1. The third-order valence-corrected chi connectivity index (χ3v) is 1.67. The molecular weight excluding hydrogens is 202 g/mol. The molecular formula is C7H3ClF2N2O. The molecule has 0 aliphatic carbocycles. The second-order valence-corrected chi connectivity index (χ2v) is 2.59. The highest BCUT2D eigenvalue weighted by Crippen LogP contribution is 2.23. The lowest BCUT2D eigenvalue weighted by molar-refractivity contribution is 0.146. The molecule has 0 atom stereocenters. The van der Waals surface area contributed by atoms with E-state index in [1.807, 2.05) is 4.98 Å². The number of aromatic amines is 1. The van der Waals surface area contributed by atoms with Crippen molar-refractivity contribution < 1.29 is 8.78 Å². The topological polar surface area (TPSA) is 56.6 Å². The maximum atomic E-state index is 12.1. The third kappa shape index (κ3) is 1.84. The summed E-state index contributed by atoms with van der Waals surface area (Å²) in [5.74, 6) is 0. The summed E-state index contributed by atoms with van der Waals surface area (Å²) in [6.45, 7) is 0. The van der Waals surface area contributed by atoms with E-state index in [2.05, 4.69) is 0 Å². The summed E-state index contributed by atoms with van der Waals surface area (Å²) in [7, 11) is 0. The molecule has 0 fully saturated rings. The summed E-state index contributed by atoms with van der Waals surface area (Å²) in [4.78, 5) is 12.7. The first kappa shape index (κ1) is 9.68. The van der Waals surface area contributed by atoms with Gasteiger partial charge in [-0.15, -0.1) is 0 Å². The summed E-state index contributed by atoms with van der Waals surface area (Å²) >= 11 is 5.37. The second kappa shape index (κ2) is 3.54. The van der Waals surface area contributed by atoms with Gasteiger partial charge in [0.1, 0.15) is 17.3 Å². The zero-order valence-corrected chi connectivity index (χ0v) is 6.90. The number of nitrogens with one attached hydrogen (secondary N) is 1. The number of aromatic nitrogens is 1. The van der Waals surface area contributed by atoms with E-state index in [9.17, 15) is 13.6 Å². The van der Waals surface area contributed by atoms with Crippen molar-refractivity contribution in [3.05, 3.63) is 32.7 Å². The van der Waals surface area contributed by atoms with E-state index < -0.39 is 17.7 Å². The minimum absolute atomic E-state index is 0.283. The molecule has 0 spiro atoms. The predicted molar refractivity (Wildman–Crippen MR) is 41.7 cm³/mol. The van der Waals surface area contributed by atoms with Gasteiger partial charge in [-0.2, -0.15) is 5.26 Å². The maximum Gasteiger partial charge on any atom is 0.279 e. The highest BCUT2D eigenvalue weighted by Gasteiger charge is 2.14. The van der Waals surface area contributed by atoms with Gasteiger partial charge in [0.2, 0.25) is 0 Å². The number of pyridine rings is 1. The Kier molecular flexibility index (Phi) is 2.63. The Morgan fingerprint density at radius 3 is 2.69 bits per heavy atom. The number of nitrogens with zero attached hydrogens (tertiary/aromatic N) is 1. The number of H-pyrrole nitrogens is 1. The van der Waals surface area contributed by atoms with Crippen LogP contribution in [0.5, 0.6) is 0 Å². The molecule has 0 amide bonds. The lowest BCUT2D eigenvalue weighted by Crippen LogP contribution is -2.13. The van der Waals surface area contributed by atoms with Gasteiger partial charge in [0.25, 0.3) is 12.0 Å². The van der Waals surface area contributed by atoms with Gasteiger partial charge >= 0.3 is 0 Å². The number of hydrogen-bond acceptors (Lipinski definition) is 2. The number of nitriles is 1. The molecule has 3 nitrogen and oxygen atoms in total. The first-order valence-electron chi connectivity index (χ1n) is 3.17. The van der Waals surface area contributed by atoms with Crippen molar-refractivity contribution in [1.82, 2.24) is 4.98 Å². The fourth-order valence-electron chi connectivity index (χ4n) is 0.761. The van der Waals surface area contributed by atoms with Crippen LogP contribution < -0.4 is 5.56 Å².